The smallest absolute Gasteiger partial charge is 0.281 e. The van der Waals surface area contributed by atoms with Crippen molar-refractivity contribution in [2.24, 2.45) is 7.05 Å². The molecular formula is C9H8BrClN4O2S. The van der Waals surface area contributed by atoms with E-state index in [0.717, 1.165) is 0 Å². The Morgan fingerprint density at radius 3 is 2.78 bits per heavy atom. The average Bonchev–Trinajstić information content (AvgIpc) is 2.71. The summed E-state index contributed by atoms with van der Waals surface area (Å²) >= 11 is 9.00. The molecule has 0 saturated heterocycles. The predicted octanol–water partition coefficient (Wildman–Crippen LogP) is 2.03. The Morgan fingerprint density at radius 1 is 1.44 bits per heavy atom. The SMILES string of the molecule is Cn1cnc(S(=O)(=O)Nc2cc(Br)cnc2Cl)c1. The van der Waals surface area contributed by atoms with Crippen LogP contribution in [-0.4, -0.2) is 23.0 Å². The Balaban J connectivity index is 2.36. The molecule has 2 aromatic rings. The van der Waals surface area contributed by atoms with Crippen molar-refractivity contribution < 1.29 is 8.42 Å². The van der Waals surface area contributed by atoms with Crippen molar-refractivity contribution in [1.29, 1.82) is 0 Å². The zero-order valence-electron chi connectivity index (χ0n) is 9.13. The second kappa shape index (κ2) is 4.87. The fourth-order valence-corrected chi connectivity index (χ4v) is 2.80. The summed E-state index contributed by atoms with van der Waals surface area (Å²) in [6.45, 7) is 0. The summed E-state index contributed by atoms with van der Waals surface area (Å²) < 4.78 is 28.5. The van der Waals surface area contributed by atoms with Gasteiger partial charge in [-0.15, -0.1) is 0 Å². The summed E-state index contributed by atoms with van der Waals surface area (Å²) in [5, 5.41) is -0.0150. The number of pyridine rings is 1. The number of hydrogen-bond donors (Lipinski definition) is 1. The van der Waals surface area contributed by atoms with Gasteiger partial charge < -0.3 is 4.57 Å². The molecule has 0 saturated carbocycles. The van der Waals surface area contributed by atoms with Crippen molar-refractivity contribution in [2.45, 2.75) is 5.03 Å². The molecule has 6 nitrogen and oxygen atoms in total. The molecule has 0 radical (unpaired) electrons. The van der Waals surface area contributed by atoms with Crippen LogP contribution in [0.1, 0.15) is 0 Å². The van der Waals surface area contributed by atoms with Gasteiger partial charge in [-0.05, 0) is 22.0 Å². The Hall–Kier alpha value is -1.12. The first-order chi connectivity index (χ1) is 8.38. The van der Waals surface area contributed by atoms with E-state index >= 15 is 0 Å². The summed E-state index contributed by atoms with van der Waals surface area (Å²) in [6.07, 6.45) is 4.26. The van der Waals surface area contributed by atoms with Gasteiger partial charge in [0.1, 0.15) is 0 Å². The molecule has 0 bridgehead atoms. The van der Waals surface area contributed by atoms with Gasteiger partial charge in [-0.1, -0.05) is 11.6 Å². The molecule has 18 heavy (non-hydrogen) atoms. The topological polar surface area (TPSA) is 76.9 Å². The van der Waals surface area contributed by atoms with Crippen LogP contribution in [0, 0.1) is 0 Å². The Labute approximate surface area is 117 Å². The standard InChI is InChI=1S/C9H8BrClN4O2S/c1-15-4-8(13-5-15)18(16,17)14-7-2-6(10)3-12-9(7)11/h2-5,14H,1H3. The van der Waals surface area contributed by atoms with Gasteiger partial charge >= 0.3 is 0 Å². The summed E-state index contributed by atoms with van der Waals surface area (Å²) in [5.74, 6) is 0. The molecule has 2 heterocycles. The number of anilines is 1. The number of aromatic nitrogens is 3. The van der Waals surface area contributed by atoms with Crippen molar-refractivity contribution in [2.75, 3.05) is 4.72 Å². The highest BCUT2D eigenvalue weighted by atomic mass is 79.9. The molecule has 0 aliphatic carbocycles. The van der Waals surface area contributed by atoms with Crippen molar-refractivity contribution in [3.05, 3.63) is 34.4 Å². The van der Waals surface area contributed by atoms with Crippen LogP contribution >= 0.6 is 27.5 Å². The number of rotatable bonds is 3. The van der Waals surface area contributed by atoms with Crippen LogP contribution in [0.2, 0.25) is 5.15 Å². The van der Waals surface area contributed by atoms with Crippen LogP contribution in [-0.2, 0) is 17.1 Å². The molecule has 0 unspecified atom stereocenters. The van der Waals surface area contributed by atoms with E-state index in [-0.39, 0.29) is 15.9 Å². The Morgan fingerprint density at radius 2 is 2.17 bits per heavy atom. The first kappa shape index (κ1) is 13.3. The van der Waals surface area contributed by atoms with Crippen LogP contribution in [0.4, 0.5) is 5.69 Å². The van der Waals surface area contributed by atoms with Crippen LogP contribution < -0.4 is 4.72 Å². The monoisotopic (exact) mass is 350 g/mol. The second-order valence-corrected chi connectivity index (χ2v) is 6.38. The maximum atomic E-state index is 12.0. The van der Waals surface area contributed by atoms with E-state index < -0.39 is 10.0 Å². The lowest BCUT2D eigenvalue weighted by Crippen LogP contribution is -2.14. The fraction of sp³-hybridized carbons (Fsp3) is 0.111. The Bertz CT molecular complexity index is 686. The van der Waals surface area contributed by atoms with Crippen molar-refractivity contribution in [3.8, 4) is 0 Å². The van der Waals surface area contributed by atoms with Crippen molar-refractivity contribution in [3.63, 3.8) is 0 Å². The van der Waals surface area contributed by atoms with E-state index in [9.17, 15) is 8.42 Å². The lowest BCUT2D eigenvalue weighted by atomic mass is 10.4. The summed E-state index contributed by atoms with van der Waals surface area (Å²) in [6, 6.07) is 1.52. The molecule has 0 atom stereocenters. The molecule has 96 valence electrons. The van der Waals surface area contributed by atoms with Gasteiger partial charge in [0.25, 0.3) is 10.0 Å². The maximum absolute atomic E-state index is 12.0. The minimum atomic E-state index is -3.76. The van der Waals surface area contributed by atoms with E-state index in [1.165, 1.54) is 29.4 Å². The molecule has 1 N–H and O–H groups in total. The predicted molar refractivity (Wildman–Crippen MR) is 71.0 cm³/mol. The van der Waals surface area contributed by atoms with Gasteiger partial charge in [-0.2, -0.15) is 8.42 Å². The number of nitrogens with one attached hydrogen (secondary N) is 1. The van der Waals surface area contributed by atoms with Gasteiger partial charge in [0.15, 0.2) is 10.2 Å². The Kier molecular flexibility index (Phi) is 3.60. The van der Waals surface area contributed by atoms with Crippen LogP contribution in [0.3, 0.4) is 0 Å². The van der Waals surface area contributed by atoms with E-state index in [2.05, 4.69) is 30.6 Å². The largest absolute Gasteiger partial charge is 0.339 e. The number of sulfonamides is 1. The van der Waals surface area contributed by atoms with Gasteiger partial charge in [-0.3, -0.25) is 4.72 Å². The van der Waals surface area contributed by atoms with Crippen molar-refractivity contribution in [1.82, 2.24) is 14.5 Å². The lowest BCUT2D eigenvalue weighted by molar-refractivity contribution is 0.598. The average molecular weight is 352 g/mol. The molecule has 0 aliphatic heterocycles. The number of aryl methyl sites for hydroxylation is 1. The highest BCUT2D eigenvalue weighted by Crippen LogP contribution is 2.25. The van der Waals surface area contributed by atoms with E-state index in [0.29, 0.717) is 4.47 Å². The first-order valence-corrected chi connectivity index (χ1v) is 7.36. The molecule has 2 rings (SSSR count). The number of nitrogens with zero attached hydrogens (tertiary/aromatic N) is 3. The molecule has 9 heteroatoms. The first-order valence-electron chi connectivity index (χ1n) is 4.70. The molecule has 0 spiro atoms. The summed E-state index contributed by atoms with van der Waals surface area (Å²) in [5.41, 5.74) is 0.191. The number of hydrogen-bond acceptors (Lipinski definition) is 4. The minimum absolute atomic E-state index is 0.0673. The molecule has 0 aliphatic rings. The number of imidazole rings is 1. The van der Waals surface area contributed by atoms with Crippen molar-refractivity contribution >= 4 is 43.2 Å². The highest BCUT2D eigenvalue weighted by molar-refractivity contribution is 9.10. The molecular weight excluding hydrogens is 344 g/mol. The van der Waals surface area contributed by atoms with Gasteiger partial charge in [-0.25, -0.2) is 9.97 Å². The summed E-state index contributed by atoms with van der Waals surface area (Å²) in [4.78, 5) is 7.60. The third-order valence-electron chi connectivity index (χ3n) is 2.01. The molecule has 0 amide bonds. The third kappa shape index (κ3) is 2.82. The van der Waals surface area contributed by atoms with Crippen LogP contribution in [0.15, 0.2) is 34.3 Å². The van der Waals surface area contributed by atoms with Gasteiger partial charge in [0, 0.05) is 23.9 Å². The van der Waals surface area contributed by atoms with Crippen LogP contribution in [0.5, 0.6) is 0 Å². The summed E-state index contributed by atoms with van der Waals surface area (Å²) in [7, 11) is -2.08. The zero-order valence-corrected chi connectivity index (χ0v) is 12.3. The van der Waals surface area contributed by atoms with E-state index in [1.807, 2.05) is 0 Å². The fourth-order valence-electron chi connectivity index (χ4n) is 1.22. The lowest BCUT2D eigenvalue weighted by Gasteiger charge is -2.07. The maximum Gasteiger partial charge on any atom is 0.281 e. The van der Waals surface area contributed by atoms with E-state index in [1.54, 1.807) is 7.05 Å². The molecule has 0 fully saturated rings. The number of halogens is 2. The second-order valence-electron chi connectivity index (χ2n) is 3.47. The molecule has 2 aromatic heterocycles. The minimum Gasteiger partial charge on any atom is -0.339 e. The van der Waals surface area contributed by atoms with Gasteiger partial charge in [0.2, 0.25) is 0 Å². The van der Waals surface area contributed by atoms with E-state index in [4.69, 9.17) is 11.6 Å². The van der Waals surface area contributed by atoms with Crippen LogP contribution in [0.25, 0.3) is 0 Å². The van der Waals surface area contributed by atoms with Gasteiger partial charge in [0.05, 0.1) is 12.0 Å². The normalized spacial score (nSPS) is 11.5. The quantitative estimate of drug-likeness (QED) is 0.858. The molecule has 0 aromatic carbocycles. The zero-order chi connectivity index (χ0) is 13.3. The third-order valence-corrected chi connectivity index (χ3v) is 3.99. The highest BCUT2D eigenvalue weighted by Gasteiger charge is 2.18.